The Morgan fingerprint density at radius 3 is 2.19 bits per heavy atom. The van der Waals surface area contributed by atoms with E-state index >= 15 is 0 Å². The van der Waals surface area contributed by atoms with Crippen molar-refractivity contribution in [3.8, 4) is 0 Å². The fourth-order valence-electron chi connectivity index (χ4n) is 2.33. The van der Waals surface area contributed by atoms with Crippen LogP contribution in [0.25, 0.3) is 0 Å². The topological polar surface area (TPSA) is 46.2 Å². The van der Waals surface area contributed by atoms with Gasteiger partial charge in [0.05, 0.1) is 6.04 Å². The van der Waals surface area contributed by atoms with Gasteiger partial charge in [0.25, 0.3) is 0 Å². The zero-order valence-electron chi connectivity index (χ0n) is 13.8. The van der Waals surface area contributed by atoms with Crippen molar-refractivity contribution < 1.29 is 9.59 Å². The molecule has 1 aromatic rings. The number of nitrogens with one attached hydrogen (secondary N) is 1. The number of rotatable bonds is 6. The van der Waals surface area contributed by atoms with E-state index in [9.17, 15) is 9.59 Å². The first-order valence-corrected chi connectivity index (χ1v) is 7.62. The monoisotopic (exact) mass is 289 g/mol. The molecule has 3 heteroatoms. The van der Waals surface area contributed by atoms with Gasteiger partial charge in [-0.15, -0.1) is 0 Å². The van der Waals surface area contributed by atoms with Gasteiger partial charge in [0.1, 0.15) is 0 Å². The summed E-state index contributed by atoms with van der Waals surface area (Å²) in [7, 11) is 0. The number of Topliss-reactive ketones (excluding diaryl/α,β-unsaturated/α-hetero) is 1. The first kappa shape index (κ1) is 17.4. The van der Waals surface area contributed by atoms with E-state index in [1.807, 2.05) is 65.0 Å². The molecule has 1 aromatic carbocycles. The summed E-state index contributed by atoms with van der Waals surface area (Å²) >= 11 is 0. The van der Waals surface area contributed by atoms with Gasteiger partial charge in [-0.05, 0) is 17.4 Å². The molecular weight excluding hydrogens is 262 g/mol. The van der Waals surface area contributed by atoms with E-state index in [0.29, 0.717) is 12.8 Å². The summed E-state index contributed by atoms with van der Waals surface area (Å²) < 4.78 is 0. The summed E-state index contributed by atoms with van der Waals surface area (Å²) in [5, 5.41) is 2.94. The molecule has 0 aliphatic carbocycles. The third-order valence-electron chi connectivity index (χ3n) is 3.66. The molecule has 3 nitrogen and oxygen atoms in total. The molecule has 0 bridgehead atoms. The molecule has 0 saturated heterocycles. The van der Waals surface area contributed by atoms with E-state index in [1.165, 1.54) is 0 Å². The molecule has 1 N–H and O–H groups in total. The molecule has 1 rings (SSSR count). The van der Waals surface area contributed by atoms with Crippen molar-refractivity contribution in [1.29, 1.82) is 0 Å². The molecule has 116 valence electrons. The summed E-state index contributed by atoms with van der Waals surface area (Å²) in [4.78, 5) is 24.4. The number of hydrogen-bond donors (Lipinski definition) is 1. The lowest BCUT2D eigenvalue weighted by molar-refractivity contribution is -0.132. The highest BCUT2D eigenvalue weighted by Crippen LogP contribution is 2.21. The van der Waals surface area contributed by atoms with Gasteiger partial charge in [0.2, 0.25) is 5.91 Å². The predicted molar refractivity (Wildman–Crippen MR) is 86.0 cm³/mol. The molecule has 0 saturated carbocycles. The molecular formula is C18H27NO2. The molecule has 21 heavy (non-hydrogen) atoms. The van der Waals surface area contributed by atoms with E-state index in [-0.39, 0.29) is 23.0 Å². The highest BCUT2D eigenvalue weighted by Gasteiger charge is 2.32. The fourth-order valence-corrected chi connectivity index (χ4v) is 2.33. The molecule has 0 aliphatic rings. The molecule has 0 aliphatic heterocycles. The quantitative estimate of drug-likeness (QED) is 0.872. The lowest BCUT2D eigenvalue weighted by Crippen LogP contribution is -2.50. The number of carbonyl (C=O) groups excluding carboxylic acids is 2. The summed E-state index contributed by atoms with van der Waals surface area (Å²) in [6.07, 6.45) is 1.12. The zero-order valence-corrected chi connectivity index (χ0v) is 13.8. The van der Waals surface area contributed by atoms with Crippen molar-refractivity contribution in [1.82, 2.24) is 5.32 Å². The van der Waals surface area contributed by atoms with Crippen LogP contribution in [0.2, 0.25) is 0 Å². The van der Waals surface area contributed by atoms with Crippen LogP contribution < -0.4 is 5.32 Å². The Labute approximate surface area is 128 Å². The summed E-state index contributed by atoms with van der Waals surface area (Å²) in [5.74, 6) is -0.120. The van der Waals surface area contributed by atoms with E-state index in [4.69, 9.17) is 0 Å². The highest BCUT2D eigenvalue weighted by molar-refractivity contribution is 5.90. The minimum absolute atomic E-state index is 0.0550. The SMILES string of the molecule is CCC(=O)C(NC(=O)C(C)Cc1ccccc1)C(C)(C)C. The fraction of sp³-hybridized carbons (Fsp3) is 0.556. The van der Waals surface area contributed by atoms with Crippen molar-refractivity contribution in [3.63, 3.8) is 0 Å². The van der Waals surface area contributed by atoms with E-state index in [0.717, 1.165) is 5.56 Å². The van der Waals surface area contributed by atoms with Gasteiger partial charge in [0, 0.05) is 12.3 Å². The minimum atomic E-state index is -0.423. The van der Waals surface area contributed by atoms with Gasteiger partial charge in [-0.1, -0.05) is 65.0 Å². The Morgan fingerprint density at radius 2 is 1.71 bits per heavy atom. The highest BCUT2D eigenvalue weighted by atomic mass is 16.2. The summed E-state index contributed by atoms with van der Waals surface area (Å²) in [5.41, 5.74) is 0.865. The first-order chi connectivity index (χ1) is 9.75. The molecule has 0 heterocycles. The Kier molecular flexibility index (Phi) is 6.13. The van der Waals surface area contributed by atoms with Crippen LogP contribution in [0.1, 0.15) is 46.6 Å². The molecule has 0 aromatic heterocycles. The molecule has 1 amide bonds. The van der Waals surface area contributed by atoms with Crippen LogP contribution in [-0.4, -0.2) is 17.7 Å². The van der Waals surface area contributed by atoms with Crippen LogP contribution in [0.4, 0.5) is 0 Å². The molecule has 0 radical (unpaired) electrons. The molecule has 2 unspecified atom stereocenters. The van der Waals surface area contributed by atoms with E-state index in [1.54, 1.807) is 0 Å². The van der Waals surface area contributed by atoms with Crippen LogP contribution in [0, 0.1) is 11.3 Å². The average molecular weight is 289 g/mol. The smallest absolute Gasteiger partial charge is 0.223 e. The second-order valence-electron chi connectivity index (χ2n) is 6.72. The van der Waals surface area contributed by atoms with Crippen LogP contribution >= 0.6 is 0 Å². The number of amides is 1. The number of ketones is 1. The van der Waals surface area contributed by atoms with E-state index < -0.39 is 6.04 Å². The van der Waals surface area contributed by atoms with Crippen LogP contribution in [0.5, 0.6) is 0 Å². The Bertz CT molecular complexity index is 474. The summed E-state index contributed by atoms with van der Waals surface area (Å²) in [6.45, 7) is 9.67. The summed E-state index contributed by atoms with van der Waals surface area (Å²) in [6, 6.07) is 9.51. The standard InChI is InChI=1S/C18H27NO2/c1-6-15(20)16(18(3,4)5)19-17(21)13(2)12-14-10-8-7-9-11-14/h7-11,13,16H,6,12H2,1-5H3,(H,19,21). The van der Waals surface area contributed by atoms with Gasteiger partial charge in [0.15, 0.2) is 5.78 Å². The second kappa shape index (κ2) is 7.39. The van der Waals surface area contributed by atoms with Crippen molar-refractivity contribution in [2.24, 2.45) is 11.3 Å². The zero-order chi connectivity index (χ0) is 16.0. The predicted octanol–water partition coefficient (Wildman–Crippen LogP) is 3.38. The maximum Gasteiger partial charge on any atom is 0.223 e. The maximum absolute atomic E-state index is 12.4. The molecule has 0 fully saturated rings. The Balaban J connectivity index is 2.71. The normalized spacial score (nSPS) is 14.3. The number of hydrogen-bond acceptors (Lipinski definition) is 2. The second-order valence-corrected chi connectivity index (χ2v) is 6.72. The Morgan fingerprint density at radius 1 is 1.14 bits per heavy atom. The maximum atomic E-state index is 12.4. The van der Waals surface area contributed by atoms with Crippen LogP contribution in [0.15, 0.2) is 30.3 Å². The third-order valence-corrected chi connectivity index (χ3v) is 3.66. The largest absolute Gasteiger partial charge is 0.346 e. The lowest BCUT2D eigenvalue weighted by Gasteiger charge is -2.31. The minimum Gasteiger partial charge on any atom is -0.346 e. The first-order valence-electron chi connectivity index (χ1n) is 7.62. The van der Waals surface area contributed by atoms with Crippen molar-refractivity contribution >= 4 is 11.7 Å². The Hall–Kier alpha value is -1.64. The lowest BCUT2D eigenvalue weighted by atomic mass is 9.83. The van der Waals surface area contributed by atoms with Gasteiger partial charge in [-0.25, -0.2) is 0 Å². The van der Waals surface area contributed by atoms with E-state index in [2.05, 4.69) is 5.32 Å². The molecule has 2 atom stereocenters. The van der Waals surface area contributed by atoms with Crippen LogP contribution in [0.3, 0.4) is 0 Å². The van der Waals surface area contributed by atoms with Gasteiger partial charge >= 0.3 is 0 Å². The van der Waals surface area contributed by atoms with Crippen molar-refractivity contribution in [3.05, 3.63) is 35.9 Å². The third kappa shape index (κ3) is 5.33. The van der Waals surface area contributed by atoms with Gasteiger partial charge in [-0.2, -0.15) is 0 Å². The van der Waals surface area contributed by atoms with Crippen LogP contribution in [-0.2, 0) is 16.0 Å². The van der Waals surface area contributed by atoms with Gasteiger partial charge in [-0.3, -0.25) is 9.59 Å². The van der Waals surface area contributed by atoms with Crippen molar-refractivity contribution in [2.45, 2.75) is 53.5 Å². The van der Waals surface area contributed by atoms with Gasteiger partial charge < -0.3 is 5.32 Å². The number of benzene rings is 1. The molecule has 0 spiro atoms. The number of carbonyl (C=O) groups is 2. The average Bonchev–Trinajstić information content (AvgIpc) is 2.43. The van der Waals surface area contributed by atoms with Crippen molar-refractivity contribution in [2.75, 3.05) is 0 Å².